The zero-order valence-corrected chi connectivity index (χ0v) is 8.52. The molecule has 0 amide bonds. The number of hydrogen-bond acceptors (Lipinski definition) is 3. The molecule has 15 heavy (non-hydrogen) atoms. The summed E-state index contributed by atoms with van der Waals surface area (Å²) < 4.78 is 15.8. The van der Waals surface area contributed by atoms with Crippen LogP contribution < -0.4 is 0 Å². The Kier molecular flexibility index (Phi) is 3.28. The van der Waals surface area contributed by atoms with Crippen LogP contribution in [0.3, 0.4) is 0 Å². The van der Waals surface area contributed by atoms with Crippen LogP contribution in [0.15, 0.2) is 0 Å². The molecular formula is C12H14O3. The van der Waals surface area contributed by atoms with E-state index in [9.17, 15) is 0 Å². The molecule has 0 aromatic rings. The second-order valence-electron chi connectivity index (χ2n) is 3.83. The fourth-order valence-electron chi connectivity index (χ4n) is 1.41. The van der Waals surface area contributed by atoms with Crippen LogP contribution in [0, 0.1) is 24.7 Å². The van der Waals surface area contributed by atoms with Gasteiger partial charge in [0, 0.05) is 12.8 Å². The van der Waals surface area contributed by atoms with E-state index in [-0.39, 0.29) is 24.4 Å². The number of terminal acetylenes is 2. The van der Waals surface area contributed by atoms with Gasteiger partial charge in [-0.1, -0.05) is 11.8 Å². The van der Waals surface area contributed by atoms with Gasteiger partial charge >= 0.3 is 0 Å². The third kappa shape index (κ3) is 3.57. The average molecular weight is 206 g/mol. The van der Waals surface area contributed by atoms with E-state index in [1.165, 1.54) is 0 Å². The van der Waals surface area contributed by atoms with Gasteiger partial charge in [0.15, 0.2) is 0 Å². The lowest BCUT2D eigenvalue weighted by atomic mass is 10.2. The monoisotopic (exact) mass is 206 g/mol. The number of rotatable bonds is 6. The molecule has 4 unspecified atom stereocenters. The number of hydrogen-bond donors (Lipinski definition) is 0. The molecule has 0 saturated carbocycles. The summed E-state index contributed by atoms with van der Waals surface area (Å²) >= 11 is 0. The van der Waals surface area contributed by atoms with E-state index < -0.39 is 0 Å². The summed E-state index contributed by atoms with van der Waals surface area (Å²) in [7, 11) is 0. The van der Waals surface area contributed by atoms with E-state index in [1.807, 2.05) is 0 Å². The van der Waals surface area contributed by atoms with E-state index in [0.29, 0.717) is 0 Å². The van der Waals surface area contributed by atoms with Gasteiger partial charge in [0.1, 0.15) is 12.2 Å². The Hall–Kier alpha value is -1.00. The smallest absolute Gasteiger partial charge is 0.122 e. The molecule has 0 aromatic heterocycles. The Morgan fingerprint density at radius 3 is 1.73 bits per heavy atom. The summed E-state index contributed by atoms with van der Waals surface area (Å²) in [5.41, 5.74) is 0. The maximum absolute atomic E-state index is 5.62. The maximum Gasteiger partial charge on any atom is 0.122 e. The second kappa shape index (κ2) is 4.68. The minimum atomic E-state index is -0.239. The molecule has 3 heteroatoms. The highest BCUT2D eigenvalue weighted by atomic mass is 16.6. The molecule has 2 saturated heterocycles. The van der Waals surface area contributed by atoms with Crippen molar-refractivity contribution in [3.8, 4) is 24.7 Å². The summed E-state index contributed by atoms with van der Waals surface area (Å²) in [5.74, 6) is 5.19. The maximum atomic E-state index is 5.62. The highest BCUT2D eigenvalue weighted by Crippen LogP contribution is 2.21. The normalized spacial score (nSPS) is 31.1. The largest absolute Gasteiger partial charge is 0.373 e. The van der Waals surface area contributed by atoms with Gasteiger partial charge in [-0.25, -0.2) is 0 Å². The molecular weight excluding hydrogens is 192 g/mol. The number of epoxide rings is 2. The molecule has 0 radical (unpaired) electrons. The molecule has 80 valence electrons. The highest BCUT2D eigenvalue weighted by molar-refractivity contribution is 5.03. The van der Waals surface area contributed by atoms with E-state index >= 15 is 0 Å². The third-order valence-electron chi connectivity index (χ3n) is 2.46. The van der Waals surface area contributed by atoms with Crippen LogP contribution in [0.1, 0.15) is 12.8 Å². The molecule has 0 N–H and O–H groups in total. The lowest BCUT2D eigenvalue weighted by Gasteiger charge is -2.16. The van der Waals surface area contributed by atoms with Gasteiger partial charge in [-0.15, -0.1) is 12.8 Å². The van der Waals surface area contributed by atoms with Crippen molar-refractivity contribution in [1.29, 1.82) is 0 Å². The summed E-state index contributed by atoms with van der Waals surface area (Å²) in [6.07, 6.45) is 12.3. The molecule has 0 aliphatic carbocycles. The molecule has 0 spiro atoms. The molecule has 2 fully saturated rings. The van der Waals surface area contributed by atoms with Crippen LogP contribution in [0.4, 0.5) is 0 Å². The Labute approximate surface area is 90.1 Å². The van der Waals surface area contributed by atoms with Gasteiger partial charge in [0.2, 0.25) is 0 Å². The fourth-order valence-corrected chi connectivity index (χ4v) is 1.41. The second-order valence-corrected chi connectivity index (χ2v) is 3.83. The quantitative estimate of drug-likeness (QED) is 0.471. The van der Waals surface area contributed by atoms with Crippen molar-refractivity contribution in [1.82, 2.24) is 0 Å². The van der Waals surface area contributed by atoms with E-state index in [0.717, 1.165) is 26.1 Å². The minimum Gasteiger partial charge on any atom is -0.373 e. The Bertz CT molecular complexity index is 261. The Morgan fingerprint density at radius 2 is 1.47 bits per heavy atom. The van der Waals surface area contributed by atoms with Gasteiger partial charge in [-0.2, -0.15) is 0 Å². The summed E-state index contributed by atoms with van der Waals surface area (Å²) in [4.78, 5) is 0. The Morgan fingerprint density at radius 1 is 1.07 bits per heavy atom. The third-order valence-corrected chi connectivity index (χ3v) is 2.46. The number of ether oxygens (including phenoxy) is 3. The molecule has 4 atom stereocenters. The predicted octanol–water partition coefficient (Wildman–Crippen LogP) is 0.584. The summed E-state index contributed by atoms with van der Waals surface area (Å²) in [6, 6.07) is 0. The summed E-state index contributed by atoms with van der Waals surface area (Å²) in [6.45, 7) is 1.57. The summed E-state index contributed by atoms with van der Waals surface area (Å²) in [5, 5.41) is 0. The van der Waals surface area contributed by atoms with E-state index in [1.54, 1.807) is 0 Å². The SMILES string of the molecule is C#CC(CC1CO1)OC(C#C)CC1CO1. The zero-order chi connectivity index (χ0) is 10.7. The van der Waals surface area contributed by atoms with Crippen molar-refractivity contribution < 1.29 is 14.2 Å². The lowest BCUT2D eigenvalue weighted by Crippen LogP contribution is -2.22. The molecule has 2 aliphatic rings. The first-order valence-electron chi connectivity index (χ1n) is 5.12. The molecule has 0 aromatic carbocycles. The van der Waals surface area contributed by atoms with Crippen LogP contribution in [0.2, 0.25) is 0 Å². The molecule has 3 nitrogen and oxygen atoms in total. The highest BCUT2D eigenvalue weighted by Gasteiger charge is 2.30. The van der Waals surface area contributed by atoms with Crippen LogP contribution in [0.25, 0.3) is 0 Å². The van der Waals surface area contributed by atoms with Crippen molar-refractivity contribution in [2.45, 2.75) is 37.3 Å². The Balaban J connectivity index is 1.75. The van der Waals surface area contributed by atoms with E-state index in [2.05, 4.69) is 11.8 Å². The van der Waals surface area contributed by atoms with Gasteiger partial charge in [-0.3, -0.25) is 0 Å². The van der Waals surface area contributed by atoms with Crippen molar-refractivity contribution in [3.05, 3.63) is 0 Å². The van der Waals surface area contributed by atoms with Crippen LogP contribution >= 0.6 is 0 Å². The van der Waals surface area contributed by atoms with E-state index in [4.69, 9.17) is 27.1 Å². The molecule has 2 rings (SSSR count). The van der Waals surface area contributed by atoms with Crippen molar-refractivity contribution in [2.75, 3.05) is 13.2 Å². The molecule has 2 heterocycles. The first-order valence-corrected chi connectivity index (χ1v) is 5.12. The van der Waals surface area contributed by atoms with Crippen molar-refractivity contribution in [2.24, 2.45) is 0 Å². The first kappa shape index (κ1) is 10.5. The van der Waals surface area contributed by atoms with Gasteiger partial charge in [-0.05, 0) is 0 Å². The fraction of sp³-hybridized carbons (Fsp3) is 0.667. The first-order chi connectivity index (χ1) is 7.31. The van der Waals surface area contributed by atoms with Gasteiger partial charge in [0.25, 0.3) is 0 Å². The predicted molar refractivity (Wildman–Crippen MR) is 55.0 cm³/mol. The van der Waals surface area contributed by atoms with Crippen molar-refractivity contribution >= 4 is 0 Å². The van der Waals surface area contributed by atoms with Crippen LogP contribution in [-0.4, -0.2) is 37.6 Å². The lowest BCUT2D eigenvalue weighted by molar-refractivity contribution is 0.0354. The minimum absolute atomic E-state index is 0.239. The van der Waals surface area contributed by atoms with Crippen LogP contribution in [0.5, 0.6) is 0 Å². The average Bonchev–Trinajstić information content (AvgIpc) is 3.10. The van der Waals surface area contributed by atoms with Gasteiger partial charge < -0.3 is 14.2 Å². The molecule has 2 aliphatic heterocycles. The molecule has 0 bridgehead atoms. The van der Waals surface area contributed by atoms with Crippen molar-refractivity contribution in [3.63, 3.8) is 0 Å². The van der Waals surface area contributed by atoms with Gasteiger partial charge in [0.05, 0.1) is 25.4 Å². The standard InChI is InChI=1S/C12H14O3/c1-3-9(5-11-7-13-11)15-10(4-2)6-12-8-14-12/h1-2,9-12H,5-8H2. The van der Waals surface area contributed by atoms with Crippen LogP contribution in [-0.2, 0) is 14.2 Å². The topological polar surface area (TPSA) is 34.3 Å². The zero-order valence-electron chi connectivity index (χ0n) is 8.52.